The summed E-state index contributed by atoms with van der Waals surface area (Å²) >= 11 is 0. The molecule has 2 fully saturated rings. The van der Waals surface area contributed by atoms with Crippen LogP contribution in [0.3, 0.4) is 0 Å². The van der Waals surface area contributed by atoms with Gasteiger partial charge in [-0.25, -0.2) is 0 Å². The first kappa shape index (κ1) is 23.4. The van der Waals surface area contributed by atoms with Gasteiger partial charge < -0.3 is 15.0 Å². The van der Waals surface area contributed by atoms with Crippen LogP contribution in [-0.2, 0) is 14.3 Å². The van der Waals surface area contributed by atoms with Gasteiger partial charge in [-0.2, -0.15) is 0 Å². The van der Waals surface area contributed by atoms with Gasteiger partial charge in [-0.05, 0) is 18.1 Å². The van der Waals surface area contributed by atoms with Gasteiger partial charge in [0.25, 0.3) is 0 Å². The number of amides is 2. The van der Waals surface area contributed by atoms with Crippen molar-refractivity contribution in [3.63, 3.8) is 0 Å². The fourth-order valence-electron chi connectivity index (χ4n) is 4.49. The number of piperazine rings is 1. The van der Waals surface area contributed by atoms with Crippen molar-refractivity contribution < 1.29 is 14.3 Å². The molecule has 7 nitrogen and oxygen atoms in total. The van der Waals surface area contributed by atoms with Crippen LogP contribution in [0.5, 0.6) is 0 Å². The zero-order chi connectivity index (χ0) is 23.0. The zero-order valence-corrected chi connectivity index (χ0v) is 19.4. The molecule has 0 saturated carbocycles. The molecule has 4 rings (SSSR count). The third-order valence-corrected chi connectivity index (χ3v) is 6.61. The molecule has 176 valence electrons. The molecule has 0 aromatic heterocycles. The van der Waals surface area contributed by atoms with Crippen LogP contribution in [0.15, 0.2) is 60.7 Å². The number of hydrogen-bond donors (Lipinski definition) is 1. The molecule has 0 bridgehead atoms. The standard InChI is InChI=1S/C26H34N4O3/c1-21(29-12-14-30(15-13-29)24(31)20-28-16-18-33-19-17-28)26(32)27-25(22-8-4-2-5-9-22)23-10-6-3-7-11-23/h2-11,21,25H,12-20H2,1H3,(H,27,32). The van der Waals surface area contributed by atoms with Crippen LogP contribution in [0.4, 0.5) is 0 Å². The Balaban J connectivity index is 1.32. The molecule has 2 aliphatic heterocycles. The summed E-state index contributed by atoms with van der Waals surface area (Å²) in [5, 5.41) is 3.26. The van der Waals surface area contributed by atoms with Crippen molar-refractivity contribution in [1.29, 1.82) is 0 Å². The number of benzene rings is 2. The maximum atomic E-state index is 13.2. The van der Waals surface area contributed by atoms with Crippen molar-refractivity contribution in [3.8, 4) is 0 Å². The van der Waals surface area contributed by atoms with E-state index in [9.17, 15) is 9.59 Å². The number of ether oxygens (including phenoxy) is 1. The van der Waals surface area contributed by atoms with Gasteiger partial charge in [-0.15, -0.1) is 0 Å². The van der Waals surface area contributed by atoms with Gasteiger partial charge >= 0.3 is 0 Å². The maximum Gasteiger partial charge on any atom is 0.237 e. The van der Waals surface area contributed by atoms with E-state index in [0.29, 0.717) is 45.9 Å². The van der Waals surface area contributed by atoms with Crippen LogP contribution in [0.25, 0.3) is 0 Å². The van der Waals surface area contributed by atoms with Gasteiger partial charge in [0.2, 0.25) is 11.8 Å². The number of nitrogens with zero attached hydrogens (tertiary/aromatic N) is 3. The van der Waals surface area contributed by atoms with E-state index in [4.69, 9.17) is 4.74 Å². The molecule has 2 heterocycles. The average molecular weight is 451 g/mol. The van der Waals surface area contributed by atoms with E-state index >= 15 is 0 Å². The summed E-state index contributed by atoms with van der Waals surface area (Å²) in [7, 11) is 0. The molecule has 0 spiro atoms. The highest BCUT2D eigenvalue weighted by Crippen LogP contribution is 2.22. The minimum atomic E-state index is -0.267. The van der Waals surface area contributed by atoms with E-state index in [-0.39, 0.29) is 23.9 Å². The quantitative estimate of drug-likeness (QED) is 0.697. The minimum absolute atomic E-state index is 0.000740. The lowest BCUT2D eigenvalue weighted by molar-refractivity contribution is -0.136. The van der Waals surface area contributed by atoms with Crippen molar-refractivity contribution in [2.75, 3.05) is 59.0 Å². The highest BCUT2D eigenvalue weighted by molar-refractivity contribution is 5.82. The summed E-state index contributed by atoms with van der Waals surface area (Å²) in [6, 6.07) is 19.6. The smallest absolute Gasteiger partial charge is 0.237 e. The van der Waals surface area contributed by atoms with Crippen LogP contribution in [0, 0.1) is 0 Å². The fraction of sp³-hybridized carbons (Fsp3) is 0.462. The molecule has 7 heteroatoms. The average Bonchev–Trinajstić information content (AvgIpc) is 2.88. The lowest BCUT2D eigenvalue weighted by atomic mass is 9.98. The monoisotopic (exact) mass is 450 g/mol. The predicted octanol–water partition coefficient (Wildman–Crippen LogP) is 1.76. The molecule has 1 atom stereocenters. The van der Waals surface area contributed by atoms with Crippen molar-refractivity contribution >= 4 is 11.8 Å². The van der Waals surface area contributed by atoms with Gasteiger partial charge in [0.05, 0.1) is 31.8 Å². The van der Waals surface area contributed by atoms with Crippen molar-refractivity contribution in [2.45, 2.75) is 19.0 Å². The third kappa shape index (κ3) is 6.19. The van der Waals surface area contributed by atoms with Crippen molar-refractivity contribution in [3.05, 3.63) is 71.8 Å². The van der Waals surface area contributed by atoms with Gasteiger partial charge in [0.1, 0.15) is 0 Å². The summed E-state index contributed by atoms with van der Waals surface area (Å²) in [4.78, 5) is 32.2. The first-order chi connectivity index (χ1) is 16.1. The molecule has 33 heavy (non-hydrogen) atoms. The number of nitrogens with one attached hydrogen (secondary N) is 1. The van der Waals surface area contributed by atoms with Crippen LogP contribution in [0.2, 0.25) is 0 Å². The summed E-state index contributed by atoms with van der Waals surface area (Å²) < 4.78 is 5.36. The summed E-state index contributed by atoms with van der Waals surface area (Å²) in [5.74, 6) is 0.169. The predicted molar refractivity (Wildman–Crippen MR) is 128 cm³/mol. The summed E-state index contributed by atoms with van der Waals surface area (Å²) in [6.07, 6.45) is 0. The van der Waals surface area contributed by atoms with Crippen LogP contribution in [-0.4, -0.2) is 91.6 Å². The second kappa shape index (κ2) is 11.4. The lowest BCUT2D eigenvalue weighted by Gasteiger charge is -2.38. The lowest BCUT2D eigenvalue weighted by Crippen LogP contribution is -2.56. The van der Waals surface area contributed by atoms with Crippen LogP contribution < -0.4 is 5.32 Å². The third-order valence-electron chi connectivity index (χ3n) is 6.61. The van der Waals surface area contributed by atoms with Crippen LogP contribution in [0.1, 0.15) is 24.1 Å². The molecule has 1 unspecified atom stereocenters. The van der Waals surface area contributed by atoms with E-state index in [1.54, 1.807) is 0 Å². The molecule has 1 N–H and O–H groups in total. The molecule has 2 aromatic carbocycles. The Hall–Kier alpha value is -2.74. The molecule has 0 aliphatic carbocycles. The SMILES string of the molecule is CC(C(=O)NC(c1ccccc1)c1ccccc1)N1CCN(C(=O)CN2CCOCC2)CC1. The largest absolute Gasteiger partial charge is 0.379 e. The van der Waals surface area contributed by atoms with Crippen LogP contribution >= 0.6 is 0 Å². The van der Waals surface area contributed by atoms with E-state index in [0.717, 1.165) is 24.2 Å². The summed E-state index contributed by atoms with van der Waals surface area (Å²) in [6.45, 7) is 8.13. The number of carbonyl (C=O) groups is 2. The Morgan fingerprint density at radius 1 is 0.848 bits per heavy atom. The minimum Gasteiger partial charge on any atom is -0.379 e. The molecular weight excluding hydrogens is 416 g/mol. The number of carbonyl (C=O) groups excluding carboxylic acids is 2. The molecule has 2 aliphatic rings. The van der Waals surface area contributed by atoms with E-state index in [1.807, 2.05) is 72.5 Å². The van der Waals surface area contributed by atoms with Gasteiger partial charge in [-0.1, -0.05) is 60.7 Å². The normalized spacial score (nSPS) is 18.8. The Kier molecular flexibility index (Phi) is 8.10. The van der Waals surface area contributed by atoms with E-state index < -0.39 is 0 Å². The number of rotatable bonds is 7. The Labute approximate surface area is 196 Å². The second-order valence-corrected chi connectivity index (χ2v) is 8.74. The topological polar surface area (TPSA) is 65.1 Å². The molecule has 2 aromatic rings. The first-order valence-corrected chi connectivity index (χ1v) is 11.8. The second-order valence-electron chi connectivity index (χ2n) is 8.74. The van der Waals surface area contributed by atoms with Crippen molar-refractivity contribution in [2.24, 2.45) is 0 Å². The highest BCUT2D eigenvalue weighted by atomic mass is 16.5. The Morgan fingerprint density at radius 3 is 1.94 bits per heavy atom. The van der Waals surface area contributed by atoms with E-state index in [1.165, 1.54) is 0 Å². The van der Waals surface area contributed by atoms with Gasteiger partial charge in [-0.3, -0.25) is 19.4 Å². The number of morpholine rings is 1. The first-order valence-electron chi connectivity index (χ1n) is 11.8. The molecular formula is C26H34N4O3. The van der Waals surface area contributed by atoms with Gasteiger partial charge in [0.15, 0.2) is 0 Å². The van der Waals surface area contributed by atoms with E-state index in [2.05, 4.69) is 15.1 Å². The molecule has 0 radical (unpaired) electrons. The fourth-order valence-corrected chi connectivity index (χ4v) is 4.49. The highest BCUT2D eigenvalue weighted by Gasteiger charge is 2.29. The van der Waals surface area contributed by atoms with Gasteiger partial charge in [0, 0.05) is 39.3 Å². The molecule has 2 amide bonds. The Morgan fingerprint density at radius 2 is 1.39 bits per heavy atom. The Bertz CT molecular complexity index is 855. The summed E-state index contributed by atoms with van der Waals surface area (Å²) in [5.41, 5.74) is 2.12. The molecule has 2 saturated heterocycles. The zero-order valence-electron chi connectivity index (χ0n) is 19.4. The van der Waals surface area contributed by atoms with Crippen molar-refractivity contribution in [1.82, 2.24) is 20.0 Å². The number of hydrogen-bond acceptors (Lipinski definition) is 5. The maximum absolute atomic E-state index is 13.2.